The summed E-state index contributed by atoms with van der Waals surface area (Å²) in [5, 5.41) is 7.92. The van der Waals surface area contributed by atoms with E-state index in [1.54, 1.807) is 4.90 Å². The van der Waals surface area contributed by atoms with Gasteiger partial charge in [0.25, 0.3) is 0 Å². The van der Waals surface area contributed by atoms with Crippen LogP contribution in [0.25, 0.3) is 10.8 Å². The second kappa shape index (κ2) is 22.2. The Morgan fingerprint density at radius 2 is 1.38 bits per heavy atom. The highest BCUT2D eigenvalue weighted by atomic mass is 28.4. The fraction of sp³-hybridized carbons (Fsp3) is 0.479. The third-order valence-electron chi connectivity index (χ3n) is 10.5. The molecular weight excluding hydrogens is 775 g/mol. The number of hydrogen-bond donors (Lipinski definition) is 2. The first-order valence-corrected chi connectivity index (χ1v) is 24.0. The Labute approximate surface area is 358 Å². The minimum atomic E-state index is -2.28. The Morgan fingerprint density at radius 3 is 2.02 bits per heavy atom. The first-order valence-electron chi connectivity index (χ1n) is 21.0. The maximum absolute atomic E-state index is 15.0. The van der Waals surface area contributed by atoms with Crippen molar-refractivity contribution in [1.82, 2.24) is 15.5 Å². The van der Waals surface area contributed by atoms with Crippen molar-refractivity contribution in [1.29, 1.82) is 0 Å². The Kier molecular flexibility index (Phi) is 17.7. The summed E-state index contributed by atoms with van der Waals surface area (Å²) in [4.78, 5) is 44.2. The molecule has 0 radical (unpaired) electrons. The Hall–Kier alpha value is -4.75. The lowest BCUT2D eigenvalue weighted by atomic mass is 10.0. The average molecular weight is 842 g/mol. The molecule has 4 aromatic rings. The minimum Gasteiger partial charge on any atom is -0.488 e. The lowest BCUT2D eigenvalue weighted by Crippen LogP contribution is -2.53. The number of nitrogens with zero attached hydrogens (tertiary/aromatic N) is 1. The van der Waals surface area contributed by atoms with Crippen LogP contribution >= 0.6 is 0 Å². The molecule has 4 rings (SSSR count). The molecule has 326 valence electrons. The number of hydrogen-bond acceptors (Lipinski definition) is 8. The molecule has 0 heterocycles. The number of carbonyl (C=O) groups excluding carboxylic acids is 3. The fourth-order valence-corrected chi connectivity index (χ4v) is 7.41. The van der Waals surface area contributed by atoms with E-state index < -0.39 is 38.7 Å². The molecule has 0 aliphatic carbocycles. The second-order valence-electron chi connectivity index (χ2n) is 17.6. The van der Waals surface area contributed by atoms with Gasteiger partial charge in [0, 0.05) is 32.6 Å². The molecule has 0 spiro atoms. The van der Waals surface area contributed by atoms with E-state index in [0.29, 0.717) is 19.0 Å². The summed E-state index contributed by atoms with van der Waals surface area (Å²) < 4.78 is 30.0. The number of benzene rings is 4. The Morgan fingerprint density at radius 1 is 0.750 bits per heavy atom. The summed E-state index contributed by atoms with van der Waals surface area (Å²) in [7, 11) is -2.28. The van der Waals surface area contributed by atoms with Crippen molar-refractivity contribution in [3.8, 4) is 5.75 Å². The molecule has 0 unspecified atom stereocenters. The SMILES string of the molecule is CCOC(CN(Cc1cccc2ccccc12)C(=O)[C@H](Cc1ccc(OC(C)(C)C)cc1)NC(=O)C[C@@H](CO[Si](C)(C)C(C)(C)C)NC(=O)OCc1ccccc1)OCC. The highest BCUT2D eigenvalue weighted by Gasteiger charge is 2.38. The van der Waals surface area contributed by atoms with Crippen molar-refractivity contribution in [2.45, 2.75) is 123 Å². The van der Waals surface area contributed by atoms with Crippen LogP contribution in [-0.2, 0) is 47.8 Å². The van der Waals surface area contributed by atoms with E-state index in [1.165, 1.54) is 0 Å². The van der Waals surface area contributed by atoms with Crippen LogP contribution in [0, 0.1) is 0 Å². The first kappa shape index (κ1) is 47.9. The smallest absolute Gasteiger partial charge is 0.407 e. The molecule has 0 bridgehead atoms. The summed E-state index contributed by atoms with van der Waals surface area (Å²) in [6.45, 7) is 21.7. The monoisotopic (exact) mass is 841 g/mol. The van der Waals surface area contributed by atoms with Gasteiger partial charge in [-0.25, -0.2) is 4.79 Å². The van der Waals surface area contributed by atoms with Crippen LogP contribution < -0.4 is 15.4 Å². The van der Waals surface area contributed by atoms with Gasteiger partial charge < -0.3 is 38.9 Å². The van der Waals surface area contributed by atoms with Crippen molar-refractivity contribution < 1.29 is 37.8 Å². The summed E-state index contributed by atoms with van der Waals surface area (Å²) in [6.07, 6.45) is -1.31. The lowest BCUT2D eigenvalue weighted by molar-refractivity contribution is -0.161. The molecular formula is C48H67N3O8Si. The number of ether oxygens (including phenoxy) is 4. The van der Waals surface area contributed by atoms with Crippen LogP contribution in [0.5, 0.6) is 5.75 Å². The third kappa shape index (κ3) is 15.4. The highest BCUT2D eigenvalue weighted by Crippen LogP contribution is 2.36. The number of fused-ring (bicyclic) bond motifs is 1. The molecule has 0 aromatic heterocycles. The van der Waals surface area contributed by atoms with Gasteiger partial charge in [-0.15, -0.1) is 0 Å². The maximum atomic E-state index is 15.0. The minimum absolute atomic E-state index is 0.0713. The third-order valence-corrected chi connectivity index (χ3v) is 15.0. The summed E-state index contributed by atoms with van der Waals surface area (Å²) in [5.74, 6) is -0.0358. The van der Waals surface area contributed by atoms with Gasteiger partial charge in [0.1, 0.15) is 24.0 Å². The maximum Gasteiger partial charge on any atom is 0.407 e. The van der Waals surface area contributed by atoms with Crippen molar-refractivity contribution in [3.63, 3.8) is 0 Å². The Balaban J connectivity index is 1.66. The highest BCUT2D eigenvalue weighted by molar-refractivity contribution is 6.74. The van der Waals surface area contributed by atoms with Gasteiger partial charge >= 0.3 is 6.09 Å². The van der Waals surface area contributed by atoms with Gasteiger partial charge in [-0.05, 0) is 92.3 Å². The average Bonchev–Trinajstić information content (AvgIpc) is 3.19. The van der Waals surface area contributed by atoms with Gasteiger partial charge in [0.15, 0.2) is 14.6 Å². The molecule has 0 aliphatic rings. The van der Waals surface area contributed by atoms with Crippen LogP contribution in [0.1, 0.15) is 78.5 Å². The molecule has 4 aromatic carbocycles. The number of alkyl carbamates (subject to hydrolysis) is 1. The normalized spacial score (nSPS) is 13.1. The summed E-state index contributed by atoms with van der Waals surface area (Å²) in [5.41, 5.74) is 2.22. The van der Waals surface area contributed by atoms with Gasteiger partial charge in [-0.2, -0.15) is 0 Å². The van der Waals surface area contributed by atoms with E-state index in [1.807, 2.05) is 132 Å². The van der Waals surface area contributed by atoms with Crippen LogP contribution in [-0.4, -0.2) is 81.5 Å². The summed E-state index contributed by atoms with van der Waals surface area (Å²) in [6, 6.07) is 29.3. The van der Waals surface area contributed by atoms with E-state index >= 15 is 4.79 Å². The molecule has 2 N–H and O–H groups in total. The molecule has 2 atom stereocenters. The molecule has 0 saturated heterocycles. The zero-order valence-electron chi connectivity index (χ0n) is 37.3. The number of amides is 3. The quantitative estimate of drug-likeness (QED) is 0.0629. The number of carbonyl (C=O) groups is 3. The van der Waals surface area contributed by atoms with Crippen molar-refractivity contribution in [2.24, 2.45) is 0 Å². The van der Waals surface area contributed by atoms with Crippen LogP contribution in [0.3, 0.4) is 0 Å². The molecule has 0 saturated carbocycles. The van der Waals surface area contributed by atoms with E-state index in [0.717, 1.165) is 27.5 Å². The molecule has 60 heavy (non-hydrogen) atoms. The van der Waals surface area contributed by atoms with E-state index in [2.05, 4.69) is 44.5 Å². The predicted molar refractivity (Wildman–Crippen MR) is 240 cm³/mol. The lowest BCUT2D eigenvalue weighted by Gasteiger charge is -2.37. The van der Waals surface area contributed by atoms with E-state index in [9.17, 15) is 9.59 Å². The van der Waals surface area contributed by atoms with Crippen molar-refractivity contribution in [2.75, 3.05) is 26.4 Å². The van der Waals surface area contributed by atoms with Gasteiger partial charge in [0.2, 0.25) is 11.8 Å². The zero-order chi connectivity index (χ0) is 43.9. The topological polar surface area (TPSA) is 125 Å². The molecule has 11 nitrogen and oxygen atoms in total. The molecule has 12 heteroatoms. The summed E-state index contributed by atoms with van der Waals surface area (Å²) >= 11 is 0. The van der Waals surface area contributed by atoms with Gasteiger partial charge in [-0.3, -0.25) is 9.59 Å². The van der Waals surface area contributed by atoms with E-state index in [-0.39, 0.29) is 55.7 Å². The Bertz CT molecular complexity index is 1950. The van der Waals surface area contributed by atoms with Gasteiger partial charge in [-0.1, -0.05) is 106 Å². The van der Waals surface area contributed by atoms with E-state index in [4.69, 9.17) is 23.4 Å². The van der Waals surface area contributed by atoms with Crippen LogP contribution in [0.2, 0.25) is 18.1 Å². The number of rotatable bonds is 21. The van der Waals surface area contributed by atoms with Crippen molar-refractivity contribution >= 4 is 37.0 Å². The van der Waals surface area contributed by atoms with Crippen LogP contribution in [0.15, 0.2) is 97.1 Å². The fourth-order valence-electron chi connectivity index (χ4n) is 6.36. The molecule has 3 amide bonds. The molecule has 0 fully saturated rings. The standard InChI is InChI=1S/C48H67N3O8Si/c1-11-55-44(56-12-2)32-51(31-38-23-18-22-37-21-16-17-24-41(37)38)45(53)42(29-35-25-27-40(28-26-35)59-47(3,4)5)50-43(52)30-39(34-58-60(9,10)48(6,7)8)49-46(54)57-33-36-19-14-13-15-20-36/h13-28,39,42,44H,11-12,29-34H2,1-10H3,(H,49,54)(H,50,52)/t39-,42-/m0/s1. The second-order valence-corrected chi connectivity index (χ2v) is 22.4. The predicted octanol–water partition coefficient (Wildman–Crippen LogP) is 9.18. The van der Waals surface area contributed by atoms with Gasteiger partial charge in [0.05, 0.1) is 19.2 Å². The number of nitrogens with one attached hydrogen (secondary N) is 2. The van der Waals surface area contributed by atoms with Crippen molar-refractivity contribution in [3.05, 3.63) is 114 Å². The zero-order valence-corrected chi connectivity index (χ0v) is 38.3. The largest absolute Gasteiger partial charge is 0.488 e. The molecule has 0 aliphatic heterocycles. The first-order chi connectivity index (χ1) is 28.4. The van der Waals surface area contributed by atoms with Crippen LogP contribution in [0.4, 0.5) is 4.79 Å².